The number of amides is 1. The lowest BCUT2D eigenvalue weighted by molar-refractivity contribution is 0.0597. The number of hydrogen-bond acceptors (Lipinski definition) is 4. The predicted octanol–water partition coefficient (Wildman–Crippen LogP) is 2.15. The van der Waals surface area contributed by atoms with Crippen molar-refractivity contribution in [1.29, 1.82) is 0 Å². The van der Waals surface area contributed by atoms with Crippen LogP contribution in [-0.2, 0) is 0 Å². The van der Waals surface area contributed by atoms with Crippen molar-refractivity contribution in [2.45, 2.75) is 37.8 Å². The van der Waals surface area contributed by atoms with Gasteiger partial charge in [0.05, 0.1) is 5.39 Å². The van der Waals surface area contributed by atoms with Gasteiger partial charge in [-0.05, 0) is 44.4 Å². The molecule has 2 fully saturated rings. The minimum absolute atomic E-state index is 0.149. The van der Waals surface area contributed by atoms with Gasteiger partial charge in [0.1, 0.15) is 5.58 Å². The van der Waals surface area contributed by atoms with Crippen LogP contribution in [0.25, 0.3) is 11.0 Å². The molecule has 1 atom stereocenters. The Hall–Kier alpha value is -2.14. The van der Waals surface area contributed by atoms with Crippen molar-refractivity contribution in [1.82, 2.24) is 10.2 Å². The molecule has 0 bridgehead atoms. The van der Waals surface area contributed by atoms with Crippen molar-refractivity contribution in [3.05, 3.63) is 46.3 Å². The molecule has 2 heterocycles. The van der Waals surface area contributed by atoms with E-state index in [1.807, 2.05) is 11.0 Å². The van der Waals surface area contributed by atoms with Crippen LogP contribution in [0.15, 0.2) is 39.5 Å². The van der Waals surface area contributed by atoms with Crippen LogP contribution in [0.2, 0.25) is 0 Å². The monoisotopic (exact) mass is 312 g/mol. The number of carbonyl (C=O) groups excluding carboxylic acids is 1. The highest BCUT2D eigenvalue weighted by atomic mass is 16.3. The second-order valence-corrected chi connectivity index (χ2v) is 6.41. The minimum Gasteiger partial charge on any atom is -0.451 e. The molecule has 1 unspecified atom stereocenters. The highest BCUT2D eigenvalue weighted by Crippen LogP contribution is 2.32. The predicted molar refractivity (Wildman–Crippen MR) is 87.6 cm³/mol. The summed E-state index contributed by atoms with van der Waals surface area (Å²) in [7, 11) is 0. The zero-order chi connectivity index (χ0) is 15.8. The maximum absolute atomic E-state index is 13.0. The molecular formula is C18H20N2O3. The lowest BCUT2D eigenvalue weighted by atomic mass is 10.0. The van der Waals surface area contributed by atoms with Gasteiger partial charge in [-0.25, -0.2) is 0 Å². The van der Waals surface area contributed by atoms with Crippen LogP contribution in [0.1, 0.15) is 36.2 Å². The molecule has 4 rings (SSSR count). The van der Waals surface area contributed by atoms with Crippen molar-refractivity contribution < 1.29 is 9.21 Å². The second-order valence-electron chi connectivity index (χ2n) is 6.41. The summed E-state index contributed by atoms with van der Waals surface area (Å²) in [6, 6.07) is 8.89. The van der Waals surface area contributed by atoms with Crippen LogP contribution >= 0.6 is 0 Å². The van der Waals surface area contributed by atoms with E-state index in [1.54, 1.807) is 18.2 Å². The van der Waals surface area contributed by atoms with Gasteiger partial charge in [0, 0.05) is 24.7 Å². The number of nitrogens with zero attached hydrogens (tertiary/aromatic N) is 1. The Morgan fingerprint density at radius 3 is 2.74 bits per heavy atom. The number of rotatable bonds is 3. The van der Waals surface area contributed by atoms with E-state index in [9.17, 15) is 9.59 Å². The Morgan fingerprint density at radius 1 is 1.17 bits per heavy atom. The first kappa shape index (κ1) is 14.5. The standard InChI is InChI=1S/C18H20N2O3/c21-15-10-17(23-16-6-2-1-5-14(15)16)18(22)20(12-7-8-12)13-4-3-9-19-11-13/h1-2,5-6,10,12-13,19H,3-4,7-9,11H2. The van der Waals surface area contributed by atoms with Crippen molar-refractivity contribution in [2.75, 3.05) is 13.1 Å². The molecule has 1 saturated carbocycles. The third-order valence-corrected chi connectivity index (χ3v) is 4.68. The van der Waals surface area contributed by atoms with Crippen LogP contribution < -0.4 is 10.7 Å². The molecule has 1 aliphatic heterocycles. The third-order valence-electron chi connectivity index (χ3n) is 4.68. The average Bonchev–Trinajstić information content (AvgIpc) is 3.41. The van der Waals surface area contributed by atoms with Gasteiger partial charge in [0.15, 0.2) is 11.2 Å². The first-order valence-corrected chi connectivity index (χ1v) is 8.30. The van der Waals surface area contributed by atoms with E-state index >= 15 is 0 Å². The first-order chi connectivity index (χ1) is 11.2. The van der Waals surface area contributed by atoms with E-state index in [-0.39, 0.29) is 23.1 Å². The van der Waals surface area contributed by atoms with E-state index in [4.69, 9.17) is 4.42 Å². The molecule has 0 spiro atoms. The number of carbonyl (C=O) groups is 1. The van der Waals surface area contributed by atoms with Gasteiger partial charge in [0.25, 0.3) is 5.91 Å². The number of fused-ring (bicyclic) bond motifs is 1. The van der Waals surface area contributed by atoms with Crippen molar-refractivity contribution in [3.63, 3.8) is 0 Å². The zero-order valence-electron chi connectivity index (χ0n) is 13.0. The van der Waals surface area contributed by atoms with Crippen LogP contribution in [0.5, 0.6) is 0 Å². The van der Waals surface area contributed by atoms with Gasteiger partial charge in [0.2, 0.25) is 0 Å². The summed E-state index contributed by atoms with van der Waals surface area (Å²) in [5, 5.41) is 3.87. The smallest absolute Gasteiger partial charge is 0.290 e. The molecule has 1 saturated heterocycles. The fourth-order valence-corrected chi connectivity index (χ4v) is 3.39. The van der Waals surface area contributed by atoms with Crippen molar-refractivity contribution in [3.8, 4) is 0 Å². The lowest BCUT2D eigenvalue weighted by Crippen LogP contribution is -2.49. The van der Waals surface area contributed by atoms with Crippen LogP contribution in [0.3, 0.4) is 0 Å². The summed E-state index contributed by atoms with van der Waals surface area (Å²) in [6.45, 7) is 1.83. The molecule has 2 aromatic rings. The molecule has 5 heteroatoms. The van der Waals surface area contributed by atoms with Crippen LogP contribution in [0.4, 0.5) is 0 Å². The van der Waals surface area contributed by atoms with Gasteiger partial charge in [-0.3, -0.25) is 9.59 Å². The van der Waals surface area contributed by atoms with E-state index in [2.05, 4.69) is 5.32 Å². The third kappa shape index (κ3) is 2.77. The van der Waals surface area contributed by atoms with Crippen LogP contribution in [0, 0.1) is 0 Å². The fourth-order valence-electron chi connectivity index (χ4n) is 3.39. The Bertz CT molecular complexity index is 788. The number of para-hydroxylation sites is 1. The summed E-state index contributed by atoms with van der Waals surface area (Å²) < 4.78 is 5.74. The van der Waals surface area contributed by atoms with Gasteiger partial charge in [-0.2, -0.15) is 0 Å². The van der Waals surface area contributed by atoms with E-state index < -0.39 is 0 Å². The van der Waals surface area contributed by atoms with Crippen molar-refractivity contribution >= 4 is 16.9 Å². The summed E-state index contributed by atoms with van der Waals surface area (Å²) in [5.74, 6) is 0.00947. The number of piperidine rings is 1. The molecule has 1 aromatic carbocycles. The average molecular weight is 312 g/mol. The summed E-state index contributed by atoms with van der Waals surface area (Å²) in [5.41, 5.74) is 0.314. The zero-order valence-corrected chi connectivity index (χ0v) is 13.0. The summed E-state index contributed by atoms with van der Waals surface area (Å²) >= 11 is 0. The molecule has 120 valence electrons. The SMILES string of the molecule is O=C(c1cc(=O)c2ccccc2o1)N(C1CC1)C1CCCNC1. The maximum atomic E-state index is 13.0. The molecule has 1 N–H and O–H groups in total. The Kier molecular flexibility index (Phi) is 3.65. The quantitative estimate of drug-likeness (QED) is 0.943. The highest BCUT2D eigenvalue weighted by molar-refractivity contribution is 5.93. The van der Waals surface area contributed by atoms with Gasteiger partial charge in [-0.1, -0.05) is 12.1 Å². The first-order valence-electron chi connectivity index (χ1n) is 8.30. The molecule has 1 aromatic heterocycles. The van der Waals surface area contributed by atoms with Gasteiger partial charge >= 0.3 is 0 Å². The summed E-state index contributed by atoms with van der Waals surface area (Å²) in [4.78, 5) is 27.2. The molecule has 1 aliphatic carbocycles. The second kappa shape index (κ2) is 5.81. The Balaban J connectivity index is 1.70. The Labute approximate surface area is 134 Å². The minimum atomic E-state index is -0.160. The highest BCUT2D eigenvalue weighted by Gasteiger charge is 2.39. The van der Waals surface area contributed by atoms with Gasteiger partial charge < -0.3 is 14.6 Å². The molecule has 23 heavy (non-hydrogen) atoms. The summed E-state index contributed by atoms with van der Waals surface area (Å²) in [6.07, 6.45) is 4.16. The topological polar surface area (TPSA) is 62.6 Å². The normalized spacial score (nSPS) is 21.3. The number of hydrogen-bond donors (Lipinski definition) is 1. The number of benzene rings is 1. The molecular weight excluding hydrogens is 292 g/mol. The van der Waals surface area contributed by atoms with E-state index in [0.29, 0.717) is 17.0 Å². The largest absolute Gasteiger partial charge is 0.451 e. The molecule has 0 radical (unpaired) electrons. The Morgan fingerprint density at radius 2 is 2.00 bits per heavy atom. The maximum Gasteiger partial charge on any atom is 0.290 e. The van der Waals surface area contributed by atoms with Crippen molar-refractivity contribution in [2.24, 2.45) is 0 Å². The van der Waals surface area contributed by atoms with E-state index in [0.717, 1.165) is 38.8 Å². The van der Waals surface area contributed by atoms with Gasteiger partial charge in [-0.15, -0.1) is 0 Å². The van der Waals surface area contributed by atoms with E-state index in [1.165, 1.54) is 6.07 Å². The molecule has 1 amide bonds. The van der Waals surface area contributed by atoms with Crippen LogP contribution in [-0.4, -0.2) is 36.0 Å². The fraction of sp³-hybridized carbons (Fsp3) is 0.444. The molecule has 5 nitrogen and oxygen atoms in total. The number of nitrogens with one attached hydrogen (secondary N) is 1. The molecule has 2 aliphatic rings. The lowest BCUT2D eigenvalue weighted by Gasteiger charge is -2.34.